The Hall–Kier alpha value is -2.41. The molecule has 1 aliphatic rings. The van der Waals surface area contributed by atoms with Crippen molar-refractivity contribution in [1.29, 1.82) is 0 Å². The highest BCUT2D eigenvalue weighted by atomic mass is 16.5. The van der Waals surface area contributed by atoms with Gasteiger partial charge >= 0.3 is 6.03 Å². The first kappa shape index (κ1) is 15.5. The molecule has 0 spiro atoms. The molecule has 1 saturated heterocycles. The second kappa shape index (κ2) is 7.23. The van der Waals surface area contributed by atoms with Crippen molar-refractivity contribution >= 4 is 6.03 Å². The summed E-state index contributed by atoms with van der Waals surface area (Å²) in [5, 5.41) is 6.80. The monoisotopic (exact) mass is 316 g/mol. The van der Waals surface area contributed by atoms with Gasteiger partial charge in [0.05, 0.1) is 18.8 Å². The number of carbonyl (C=O) groups is 1. The summed E-state index contributed by atoms with van der Waals surface area (Å²) in [6, 6.07) is 7.24. The second-order valence-corrected chi connectivity index (χ2v) is 5.66. The fourth-order valence-corrected chi connectivity index (χ4v) is 2.53. The van der Waals surface area contributed by atoms with E-state index in [9.17, 15) is 4.79 Å². The van der Waals surface area contributed by atoms with Crippen molar-refractivity contribution in [2.45, 2.75) is 13.0 Å². The van der Waals surface area contributed by atoms with Crippen LogP contribution < -0.4 is 5.32 Å². The summed E-state index contributed by atoms with van der Waals surface area (Å²) in [6.45, 7) is 2.51. The van der Waals surface area contributed by atoms with E-state index in [4.69, 9.17) is 9.26 Å². The summed E-state index contributed by atoms with van der Waals surface area (Å²) in [7, 11) is 1.79. The molecule has 1 atom stereocenters. The minimum absolute atomic E-state index is 0.132. The van der Waals surface area contributed by atoms with Crippen molar-refractivity contribution < 1.29 is 14.1 Å². The molecule has 0 bridgehead atoms. The van der Waals surface area contributed by atoms with E-state index in [2.05, 4.69) is 15.5 Å². The summed E-state index contributed by atoms with van der Waals surface area (Å²) >= 11 is 0. The third-order valence-electron chi connectivity index (χ3n) is 3.80. The van der Waals surface area contributed by atoms with Crippen molar-refractivity contribution in [3.63, 3.8) is 0 Å². The number of urea groups is 1. The number of hydrogen-bond acceptors (Lipinski definition) is 5. The van der Waals surface area contributed by atoms with Crippen LogP contribution in [-0.4, -0.2) is 47.9 Å². The molecular weight excluding hydrogens is 296 g/mol. The number of hydrogen-bond donors (Lipinski definition) is 1. The van der Waals surface area contributed by atoms with E-state index in [0.717, 1.165) is 25.3 Å². The number of amides is 2. The lowest BCUT2D eigenvalue weighted by Crippen LogP contribution is -2.39. The highest BCUT2D eigenvalue weighted by Gasteiger charge is 2.20. The summed E-state index contributed by atoms with van der Waals surface area (Å²) in [5.41, 5.74) is 1.40. The number of nitrogens with zero attached hydrogens (tertiary/aromatic N) is 3. The molecule has 0 saturated carbocycles. The van der Waals surface area contributed by atoms with Gasteiger partial charge in [-0.3, -0.25) is 4.98 Å². The Bertz CT molecular complexity index is 638. The molecule has 122 valence electrons. The van der Waals surface area contributed by atoms with E-state index < -0.39 is 0 Å². The zero-order valence-corrected chi connectivity index (χ0v) is 13.1. The minimum atomic E-state index is -0.132. The average molecular weight is 316 g/mol. The maximum absolute atomic E-state index is 12.1. The smallest absolute Gasteiger partial charge is 0.317 e. The molecule has 7 heteroatoms. The Morgan fingerprint density at radius 2 is 2.35 bits per heavy atom. The third kappa shape index (κ3) is 4.07. The van der Waals surface area contributed by atoms with E-state index >= 15 is 0 Å². The molecule has 2 aromatic heterocycles. The van der Waals surface area contributed by atoms with Crippen molar-refractivity contribution in [2.75, 3.05) is 26.8 Å². The molecule has 23 heavy (non-hydrogen) atoms. The topological polar surface area (TPSA) is 80.5 Å². The molecule has 1 fully saturated rings. The average Bonchev–Trinajstić information content (AvgIpc) is 3.25. The summed E-state index contributed by atoms with van der Waals surface area (Å²) in [5.74, 6) is 1.02. The quantitative estimate of drug-likeness (QED) is 0.911. The molecule has 7 nitrogen and oxygen atoms in total. The Morgan fingerprint density at radius 3 is 3.09 bits per heavy atom. The summed E-state index contributed by atoms with van der Waals surface area (Å²) in [4.78, 5) is 18.0. The van der Waals surface area contributed by atoms with Gasteiger partial charge in [0.2, 0.25) is 0 Å². The van der Waals surface area contributed by atoms with Gasteiger partial charge in [-0.2, -0.15) is 0 Å². The van der Waals surface area contributed by atoms with Crippen LogP contribution >= 0.6 is 0 Å². The zero-order valence-electron chi connectivity index (χ0n) is 13.1. The Balaban J connectivity index is 1.50. The molecule has 0 radical (unpaired) electrons. The van der Waals surface area contributed by atoms with Crippen LogP contribution in [0.25, 0.3) is 11.4 Å². The van der Waals surface area contributed by atoms with Gasteiger partial charge in [-0.25, -0.2) is 4.79 Å². The Morgan fingerprint density at radius 1 is 1.43 bits per heavy atom. The van der Waals surface area contributed by atoms with Crippen LogP contribution in [0.3, 0.4) is 0 Å². The summed E-state index contributed by atoms with van der Waals surface area (Å²) in [6.07, 6.45) is 2.71. The number of nitrogens with one attached hydrogen (secondary N) is 1. The number of pyridine rings is 1. The van der Waals surface area contributed by atoms with Gasteiger partial charge in [0.25, 0.3) is 0 Å². The molecular formula is C16H20N4O3. The fraction of sp³-hybridized carbons (Fsp3) is 0.438. The maximum atomic E-state index is 12.1. The van der Waals surface area contributed by atoms with Gasteiger partial charge in [-0.15, -0.1) is 0 Å². The van der Waals surface area contributed by atoms with Crippen LogP contribution in [0, 0.1) is 5.92 Å². The first-order valence-electron chi connectivity index (χ1n) is 7.66. The van der Waals surface area contributed by atoms with Gasteiger partial charge in [-0.1, -0.05) is 11.2 Å². The van der Waals surface area contributed by atoms with Crippen molar-refractivity contribution in [3.05, 3.63) is 36.2 Å². The van der Waals surface area contributed by atoms with E-state index in [-0.39, 0.29) is 6.03 Å². The summed E-state index contributed by atoms with van der Waals surface area (Å²) < 4.78 is 10.6. The van der Waals surface area contributed by atoms with Crippen molar-refractivity contribution in [3.8, 4) is 11.4 Å². The minimum Gasteiger partial charge on any atom is -0.381 e. The van der Waals surface area contributed by atoms with Crippen molar-refractivity contribution in [2.24, 2.45) is 5.92 Å². The molecule has 0 aromatic carbocycles. The number of rotatable bonds is 5. The van der Waals surface area contributed by atoms with E-state index in [1.54, 1.807) is 24.2 Å². The highest BCUT2D eigenvalue weighted by Crippen LogP contribution is 2.16. The predicted molar refractivity (Wildman–Crippen MR) is 83.5 cm³/mol. The molecule has 1 aliphatic heterocycles. The molecule has 1 N–H and O–H groups in total. The lowest BCUT2D eigenvalue weighted by molar-refractivity contribution is 0.171. The molecule has 3 heterocycles. The van der Waals surface area contributed by atoms with E-state index in [0.29, 0.717) is 30.5 Å². The molecule has 0 aliphatic carbocycles. The second-order valence-electron chi connectivity index (χ2n) is 5.66. The molecule has 3 rings (SSSR count). The normalized spacial score (nSPS) is 17.2. The SMILES string of the molecule is CN(C[C@@H]1CCOC1)C(=O)NCc1cc(-c2ccccn2)no1. The van der Waals surface area contributed by atoms with Crippen LogP contribution in [0.4, 0.5) is 4.79 Å². The van der Waals surface area contributed by atoms with Gasteiger partial charge < -0.3 is 19.5 Å². The van der Waals surface area contributed by atoms with Crippen molar-refractivity contribution in [1.82, 2.24) is 20.4 Å². The number of ether oxygens (including phenoxy) is 1. The lowest BCUT2D eigenvalue weighted by Gasteiger charge is -2.20. The van der Waals surface area contributed by atoms with Crippen LogP contribution in [0.5, 0.6) is 0 Å². The number of aromatic nitrogens is 2. The molecule has 2 aromatic rings. The van der Waals surface area contributed by atoms with Crippen LogP contribution in [0.1, 0.15) is 12.2 Å². The van der Waals surface area contributed by atoms with Gasteiger partial charge in [0.15, 0.2) is 5.76 Å². The van der Waals surface area contributed by atoms with Crippen LogP contribution in [-0.2, 0) is 11.3 Å². The van der Waals surface area contributed by atoms with Gasteiger partial charge in [0, 0.05) is 38.4 Å². The zero-order chi connectivity index (χ0) is 16.1. The maximum Gasteiger partial charge on any atom is 0.317 e. The van der Waals surface area contributed by atoms with Gasteiger partial charge in [0.1, 0.15) is 5.69 Å². The number of carbonyl (C=O) groups excluding carboxylic acids is 1. The third-order valence-corrected chi connectivity index (χ3v) is 3.80. The molecule has 2 amide bonds. The first-order valence-corrected chi connectivity index (χ1v) is 7.66. The van der Waals surface area contributed by atoms with Gasteiger partial charge in [-0.05, 0) is 18.6 Å². The van der Waals surface area contributed by atoms with Crippen LogP contribution in [0.2, 0.25) is 0 Å². The first-order chi connectivity index (χ1) is 11.2. The molecule has 0 unspecified atom stereocenters. The lowest BCUT2D eigenvalue weighted by atomic mass is 10.1. The fourth-order valence-electron chi connectivity index (χ4n) is 2.53. The Labute approximate surface area is 134 Å². The Kier molecular flexibility index (Phi) is 4.87. The largest absolute Gasteiger partial charge is 0.381 e. The van der Waals surface area contributed by atoms with E-state index in [1.165, 1.54) is 0 Å². The highest BCUT2D eigenvalue weighted by molar-refractivity contribution is 5.73. The predicted octanol–water partition coefficient (Wildman–Crippen LogP) is 1.91. The standard InChI is InChI=1S/C16H20N4O3/c1-20(10-12-5-7-22-11-12)16(21)18-9-13-8-15(19-23-13)14-4-2-3-6-17-14/h2-4,6,8,12H,5,7,9-11H2,1H3,(H,18,21)/t12-/m0/s1. The van der Waals surface area contributed by atoms with Crippen LogP contribution in [0.15, 0.2) is 35.0 Å². The van der Waals surface area contributed by atoms with E-state index in [1.807, 2.05) is 18.2 Å².